The third-order valence-electron chi connectivity index (χ3n) is 6.32. The van der Waals surface area contributed by atoms with E-state index < -0.39 is 5.91 Å². The molecule has 0 atom stereocenters. The number of carbonyl (C=O) groups excluding carboxylic acids is 1. The molecule has 1 spiro atoms. The van der Waals surface area contributed by atoms with Gasteiger partial charge in [-0.15, -0.1) is 0 Å². The summed E-state index contributed by atoms with van der Waals surface area (Å²) in [5.41, 5.74) is 13.9. The highest BCUT2D eigenvalue weighted by Gasteiger charge is 2.47. The topological polar surface area (TPSA) is 108 Å². The molecule has 1 aromatic heterocycles. The molecule has 30 heavy (non-hydrogen) atoms. The maximum Gasteiger partial charge on any atom is 0.254 e. The van der Waals surface area contributed by atoms with E-state index in [-0.39, 0.29) is 11.6 Å². The van der Waals surface area contributed by atoms with Gasteiger partial charge < -0.3 is 21.5 Å². The molecule has 2 aliphatic rings. The van der Waals surface area contributed by atoms with Crippen LogP contribution in [0.1, 0.15) is 35.7 Å². The van der Waals surface area contributed by atoms with Crippen LogP contribution in [0, 0.1) is 5.41 Å². The van der Waals surface area contributed by atoms with Crippen LogP contribution in [-0.4, -0.2) is 28.8 Å². The Kier molecular flexibility index (Phi) is 4.47. The number of hydrogen-bond acceptors (Lipinski definition) is 5. The first-order valence-corrected chi connectivity index (χ1v) is 10.3. The fourth-order valence-corrected chi connectivity index (χ4v) is 4.73. The Morgan fingerprint density at radius 3 is 2.43 bits per heavy atom. The van der Waals surface area contributed by atoms with Gasteiger partial charge in [0, 0.05) is 12.1 Å². The number of hydrogen-bond donors (Lipinski definition) is 3. The van der Waals surface area contributed by atoms with E-state index in [0.717, 1.165) is 37.2 Å². The quantitative estimate of drug-likeness (QED) is 0.605. The first-order chi connectivity index (χ1) is 14.5. The Balaban J connectivity index is 1.41. The monoisotopic (exact) mass is 403 g/mol. The third-order valence-corrected chi connectivity index (χ3v) is 6.32. The molecule has 1 amide bonds. The number of nitrogens with two attached hydrogens (primary N) is 2. The highest BCUT2D eigenvalue weighted by atomic mass is 16.5. The van der Waals surface area contributed by atoms with Crippen LogP contribution in [0.2, 0.25) is 0 Å². The lowest BCUT2D eigenvalue weighted by Gasteiger charge is -2.45. The minimum absolute atomic E-state index is 0.206. The molecular formula is C23H25N5O2. The van der Waals surface area contributed by atoms with E-state index in [1.165, 1.54) is 6.42 Å². The molecule has 1 aliphatic carbocycles. The van der Waals surface area contributed by atoms with E-state index in [4.69, 9.17) is 21.3 Å². The molecule has 7 nitrogen and oxygen atoms in total. The standard InChI is InChI=1S/C23H25N5O2/c24-21-19(22(25)29)20(27-28(21)16-12-23(13-16)10-11-26-14-23)15-6-8-18(9-7-15)30-17-4-2-1-3-5-17/h1-9,16,26H,10-14,24H2,(H2,25,29)/t16-,23+. The van der Waals surface area contributed by atoms with Gasteiger partial charge >= 0.3 is 0 Å². The van der Waals surface area contributed by atoms with Crippen molar-refractivity contribution in [2.75, 3.05) is 18.8 Å². The predicted octanol–water partition coefficient (Wildman–Crippen LogP) is 3.34. The lowest BCUT2D eigenvalue weighted by Crippen LogP contribution is -2.40. The van der Waals surface area contributed by atoms with Gasteiger partial charge in [0.1, 0.15) is 28.6 Å². The molecule has 5 N–H and O–H groups in total. The van der Waals surface area contributed by atoms with Gasteiger partial charge in [-0.2, -0.15) is 5.10 Å². The number of para-hydroxylation sites is 1. The zero-order valence-corrected chi connectivity index (χ0v) is 16.7. The fraction of sp³-hybridized carbons (Fsp3) is 0.304. The average Bonchev–Trinajstić information content (AvgIpc) is 3.33. The molecule has 1 aliphatic heterocycles. The summed E-state index contributed by atoms with van der Waals surface area (Å²) in [6.07, 6.45) is 3.23. The van der Waals surface area contributed by atoms with Gasteiger partial charge in [-0.3, -0.25) is 4.79 Å². The van der Waals surface area contributed by atoms with Crippen LogP contribution in [0.5, 0.6) is 11.5 Å². The minimum Gasteiger partial charge on any atom is -0.457 e. The van der Waals surface area contributed by atoms with Crippen LogP contribution in [0.4, 0.5) is 5.82 Å². The maximum absolute atomic E-state index is 12.2. The number of benzene rings is 2. The van der Waals surface area contributed by atoms with Gasteiger partial charge in [-0.05, 0) is 67.6 Å². The van der Waals surface area contributed by atoms with Crippen LogP contribution >= 0.6 is 0 Å². The number of carbonyl (C=O) groups is 1. The molecule has 2 heterocycles. The van der Waals surface area contributed by atoms with Crippen molar-refractivity contribution >= 4 is 11.7 Å². The van der Waals surface area contributed by atoms with E-state index in [2.05, 4.69) is 5.32 Å². The Hall–Kier alpha value is -3.32. The van der Waals surface area contributed by atoms with Crippen molar-refractivity contribution in [2.45, 2.75) is 25.3 Å². The number of nitrogens with zero attached hydrogens (tertiary/aromatic N) is 2. The van der Waals surface area contributed by atoms with Crippen LogP contribution in [0.25, 0.3) is 11.3 Å². The number of aromatic nitrogens is 2. The van der Waals surface area contributed by atoms with E-state index in [9.17, 15) is 4.79 Å². The Morgan fingerprint density at radius 1 is 1.10 bits per heavy atom. The number of nitrogens with one attached hydrogen (secondary N) is 1. The SMILES string of the molecule is NC(=O)c1c(-c2ccc(Oc3ccccc3)cc2)nn([C@H]2C[C@]3(CCNC3)C2)c1N. The number of rotatable bonds is 5. The molecule has 7 heteroatoms. The molecule has 0 radical (unpaired) electrons. The van der Waals surface area contributed by atoms with Gasteiger partial charge in [-0.25, -0.2) is 4.68 Å². The van der Waals surface area contributed by atoms with Crippen molar-refractivity contribution in [3.8, 4) is 22.8 Å². The number of primary amides is 1. The highest BCUT2D eigenvalue weighted by molar-refractivity contribution is 6.03. The molecule has 0 unspecified atom stereocenters. The largest absolute Gasteiger partial charge is 0.457 e. The zero-order valence-electron chi connectivity index (χ0n) is 16.7. The molecule has 0 bridgehead atoms. The summed E-state index contributed by atoms with van der Waals surface area (Å²) in [6, 6.07) is 17.2. The van der Waals surface area contributed by atoms with Crippen molar-refractivity contribution < 1.29 is 9.53 Å². The first kappa shape index (κ1) is 18.7. The van der Waals surface area contributed by atoms with Crippen molar-refractivity contribution in [1.29, 1.82) is 0 Å². The molecule has 1 saturated heterocycles. The Morgan fingerprint density at radius 2 is 1.80 bits per heavy atom. The van der Waals surface area contributed by atoms with Crippen molar-refractivity contribution in [2.24, 2.45) is 11.1 Å². The van der Waals surface area contributed by atoms with E-state index in [1.54, 1.807) is 4.68 Å². The molecule has 2 aromatic carbocycles. The normalized spacial score (nSPS) is 22.7. The summed E-state index contributed by atoms with van der Waals surface area (Å²) in [7, 11) is 0. The van der Waals surface area contributed by atoms with Gasteiger partial charge in [0.2, 0.25) is 0 Å². The molecular weight excluding hydrogens is 378 g/mol. The number of ether oxygens (including phenoxy) is 1. The molecule has 1 saturated carbocycles. The maximum atomic E-state index is 12.2. The predicted molar refractivity (Wildman–Crippen MR) is 115 cm³/mol. The zero-order chi connectivity index (χ0) is 20.7. The van der Waals surface area contributed by atoms with Crippen molar-refractivity contribution in [3.05, 3.63) is 60.2 Å². The summed E-state index contributed by atoms with van der Waals surface area (Å²) in [5, 5.41) is 8.16. The summed E-state index contributed by atoms with van der Waals surface area (Å²) < 4.78 is 7.65. The second kappa shape index (κ2) is 7.18. The fourth-order valence-electron chi connectivity index (χ4n) is 4.73. The average molecular weight is 403 g/mol. The number of nitrogen functional groups attached to an aromatic ring is 1. The second-order valence-electron chi connectivity index (χ2n) is 8.35. The lowest BCUT2D eigenvalue weighted by atomic mass is 9.65. The van der Waals surface area contributed by atoms with Crippen molar-refractivity contribution in [3.63, 3.8) is 0 Å². The molecule has 3 aromatic rings. The van der Waals surface area contributed by atoms with Crippen LogP contribution in [0.3, 0.4) is 0 Å². The van der Waals surface area contributed by atoms with E-state index in [1.807, 2.05) is 54.6 Å². The summed E-state index contributed by atoms with van der Waals surface area (Å²) in [4.78, 5) is 12.2. The minimum atomic E-state index is -0.560. The third kappa shape index (κ3) is 3.21. The Bertz CT molecular complexity index is 1060. The van der Waals surface area contributed by atoms with E-state index >= 15 is 0 Å². The van der Waals surface area contributed by atoms with Crippen LogP contribution in [0.15, 0.2) is 54.6 Å². The number of amides is 1. The smallest absolute Gasteiger partial charge is 0.254 e. The highest BCUT2D eigenvalue weighted by Crippen LogP contribution is 2.53. The first-order valence-electron chi connectivity index (χ1n) is 10.3. The van der Waals surface area contributed by atoms with Crippen LogP contribution in [-0.2, 0) is 0 Å². The molecule has 2 fully saturated rings. The van der Waals surface area contributed by atoms with Gasteiger partial charge in [0.25, 0.3) is 5.91 Å². The Labute approximate surface area is 175 Å². The van der Waals surface area contributed by atoms with Gasteiger partial charge in [0.05, 0.1) is 6.04 Å². The van der Waals surface area contributed by atoms with Gasteiger partial charge in [0.15, 0.2) is 0 Å². The van der Waals surface area contributed by atoms with Crippen LogP contribution < -0.4 is 21.5 Å². The molecule has 5 rings (SSSR count). The molecule has 154 valence electrons. The van der Waals surface area contributed by atoms with Crippen molar-refractivity contribution in [1.82, 2.24) is 15.1 Å². The lowest BCUT2D eigenvalue weighted by molar-refractivity contribution is 0.0774. The van der Waals surface area contributed by atoms with Gasteiger partial charge in [-0.1, -0.05) is 18.2 Å². The summed E-state index contributed by atoms with van der Waals surface area (Å²) >= 11 is 0. The number of anilines is 1. The summed E-state index contributed by atoms with van der Waals surface area (Å²) in [5.74, 6) is 1.26. The van der Waals surface area contributed by atoms with E-state index in [0.29, 0.717) is 22.7 Å². The summed E-state index contributed by atoms with van der Waals surface area (Å²) in [6.45, 7) is 2.11. The second-order valence-corrected chi connectivity index (χ2v) is 8.35.